The van der Waals surface area contributed by atoms with Crippen molar-refractivity contribution in [2.45, 2.75) is 18.7 Å². The van der Waals surface area contributed by atoms with Crippen LogP contribution in [0.5, 0.6) is 0 Å². The average molecular weight is 266 g/mol. The number of likely N-dealkylation sites (tertiary alicyclic amines) is 1. The quantitative estimate of drug-likeness (QED) is 0.767. The monoisotopic (exact) mass is 265 g/mol. The number of aliphatic hydroxyl groups excluding tert-OH is 1. The fraction of sp³-hybridized carbons (Fsp3) is 0.385. The van der Waals surface area contributed by atoms with Gasteiger partial charge in [0.15, 0.2) is 0 Å². The first-order valence-electron chi connectivity index (χ1n) is 6.06. The Hall–Kier alpha value is -1.07. The van der Waals surface area contributed by atoms with Crippen LogP contribution in [-0.2, 0) is 6.54 Å². The number of aromatic amines is 1. The summed E-state index contributed by atoms with van der Waals surface area (Å²) in [6, 6.07) is 7.81. The maximum atomic E-state index is 9.65. The van der Waals surface area contributed by atoms with Crippen molar-refractivity contribution in [3.05, 3.63) is 35.0 Å². The number of aliphatic hydroxyl groups is 1. The van der Waals surface area contributed by atoms with Crippen molar-refractivity contribution in [2.24, 2.45) is 5.73 Å². The number of rotatable bonds is 2. The van der Waals surface area contributed by atoms with Crippen LogP contribution in [0.1, 0.15) is 5.69 Å². The highest BCUT2D eigenvalue weighted by Gasteiger charge is 2.28. The summed E-state index contributed by atoms with van der Waals surface area (Å²) in [5.41, 5.74) is 7.83. The predicted molar refractivity (Wildman–Crippen MR) is 72.6 cm³/mol. The number of para-hydroxylation sites is 1. The van der Waals surface area contributed by atoms with Gasteiger partial charge in [-0.3, -0.25) is 4.90 Å². The van der Waals surface area contributed by atoms with Gasteiger partial charge < -0.3 is 15.8 Å². The number of H-pyrrole nitrogens is 1. The summed E-state index contributed by atoms with van der Waals surface area (Å²) < 4.78 is 0. The van der Waals surface area contributed by atoms with Crippen molar-refractivity contribution < 1.29 is 5.11 Å². The first-order valence-corrected chi connectivity index (χ1v) is 6.44. The normalized spacial score (nSPS) is 25.1. The largest absolute Gasteiger partial charge is 0.390 e. The minimum Gasteiger partial charge on any atom is -0.390 e. The second-order valence-electron chi connectivity index (χ2n) is 4.89. The van der Waals surface area contributed by atoms with Gasteiger partial charge in [0.1, 0.15) is 0 Å². The molecular formula is C13H16ClN3O. The van der Waals surface area contributed by atoms with Crippen molar-refractivity contribution in [1.29, 1.82) is 0 Å². The summed E-state index contributed by atoms with van der Waals surface area (Å²) in [4.78, 5) is 5.44. The molecule has 1 fully saturated rings. The predicted octanol–water partition coefficient (Wildman–Crippen LogP) is 1.33. The lowest BCUT2D eigenvalue weighted by Gasteiger charge is -2.13. The number of β-amino-alcohol motifs (C(OH)–C–C–N with tert-alkyl or cyclic N) is 1. The number of benzene rings is 1. The minimum atomic E-state index is -0.437. The lowest BCUT2D eigenvalue weighted by Crippen LogP contribution is -2.32. The second kappa shape index (κ2) is 4.55. The second-order valence-corrected chi connectivity index (χ2v) is 5.27. The van der Waals surface area contributed by atoms with E-state index in [9.17, 15) is 5.11 Å². The van der Waals surface area contributed by atoms with E-state index in [1.807, 2.05) is 24.3 Å². The molecule has 3 rings (SSSR count). The highest BCUT2D eigenvalue weighted by atomic mass is 35.5. The van der Waals surface area contributed by atoms with Gasteiger partial charge in [0, 0.05) is 42.3 Å². The van der Waals surface area contributed by atoms with E-state index in [0.717, 1.165) is 21.6 Å². The van der Waals surface area contributed by atoms with Crippen LogP contribution >= 0.6 is 11.6 Å². The molecule has 1 saturated heterocycles. The zero-order chi connectivity index (χ0) is 12.7. The molecule has 1 aliphatic rings. The Balaban J connectivity index is 1.85. The van der Waals surface area contributed by atoms with Crippen molar-refractivity contribution in [2.75, 3.05) is 13.1 Å². The maximum Gasteiger partial charge on any atom is 0.0830 e. The molecule has 0 unspecified atom stereocenters. The molecular weight excluding hydrogens is 250 g/mol. The lowest BCUT2D eigenvalue weighted by atomic mass is 10.2. The summed E-state index contributed by atoms with van der Waals surface area (Å²) in [7, 11) is 0. The molecule has 1 aliphatic heterocycles. The average Bonchev–Trinajstić information content (AvgIpc) is 2.83. The van der Waals surface area contributed by atoms with Crippen molar-refractivity contribution in [3.63, 3.8) is 0 Å². The Kier molecular flexibility index (Phi) is 3.03. The molecule has 2 atom stereocenters. The molecule has 18 heavy (non-hydrogen) atoms. The van der Waals surface area contributed by atoms with Gasteiger partial charge in [0.25, 0.3) is 0 Å². The van der Waals surface area contributed by atoms with Gasteiger partial charge >= 0.3 is 0 Å². The van der Waals surface area contributed by atoms with E-state index >= 15 is 0 Å². The van der Waals surface area contributed by atoms with Crippen molar-refractivity contribution in [3.8, 4) is 0 Å². The minimum absolute atomic E-state index is 0.159. The molecule has 0 radical (unpaired) electrons. The van der Waals surface area contributed by atoms with Crippen LogP contribution in [0.3, 0.4) is 0 Å². The van der Waals surface area contributed by atoms with Gasteiger partial charge in [-0.05, 0) is 6.07 Å². The van der Waals surface area contributed by atoms with E-state index < -0.39 is 6.10 Å². The number of nitrogens with one attached hydrogen (secondary N) is 1. The number of nitrogens with two attached hydrogens (primary N) is 1. The molecule has 0 aliphatic carbocycles. The fourth-order valence-corrected chi connectivity index (χ4v) is 2.79. The third kappa shape index (κ3) is 2.01. The molecule has 96 valence electrons. The van der Waals surface area contributed by atoms with Gasteiger partial charge in [0.2, 0.25) is 0 Å². The molecule has 5 heteroatoms. The smallest absolute Gasteiger partial charge is 0.0830 e. The van der Waals surface area contributed by atoms with Crippen LogP contribution in [0.15, 0.2) is 24.3 Å². The molecule has 2 aromatic rings. The molecule has 1 aromatic carbocycles. The van der Waals surface area contributed by atoms with E-state index in [4.69, 9.17) is 17.3 Å². The maximum absolute atomic E-state index is 9.65. The summed E-state index contributed by atoms with van der Waals surface area (Å²) in [5.74, 6) is 0. The number of aromatic nitrogens is 1. The number of fused-ring (bicyclic) bond motifs is 1. The third-order valence-electron chi connectivity index (χ3n) is 3.50. The van der Waals surface area contributed by atoms with Crippen LogP contribution < -0.4 is 5.73 Å². The van der Waals surface area contributed by atoms with E-state index in [1.165, 1.54) is 0 Å². The molecule has 4 N–H and O–H groups in total. The Labute approximate surface area is 110 Å². The Bertz CT molecular complexity index is 558. The molecule has 0 amide bonds. The van der Waals surface area contributed by atoms with Crippen molar-refractivity contribution in [1.82, 2.24) is 9.88 Å². The van der Waals surface area contributed by atoms with Gasteiger partial charge in [-0.2, -0.15) is 0 Å². The molecule has 2 heterocycles. The molecule has 4 nitrogen and oxygen atoms in total. The SMILES string of the molecule is N[C@@H]1CN(Cc2[nH]c3ccccc3c2Cl)C[C@H]1O. The van der Waals surface area contributed by atoms with Gasteiger partial charge in [0.05, 0.1) is 11.1 Å². The van der Waals surface area contributed by atoms with E-state index in [-0.39, 0.29) is 6.04 Å². The molecule has 0 bridgehead atoms. The number of halogens is 1. The first-order chi connectivity index (χ1) is 8.65. The highest BCUT2D eigenvalue weighted by molar-refractivity contribution is 6.36. The third-order valence-corrected chi connectivity index (χ3v) is 3.94. The Morgan fingerprint density at radius 3 is 2.83 bits per heavy atom. The summed E-state index contributed by atoms with van der Waals surface area (Å²) >= 11 is 6.36. The van der Waals surface area contributed by atoms with E-state index in [1.54, 1.807) is 0 Å². The van der Waals surface area contributed by atoms with Crippen LogP contribution in [0.2, 0.25) is 5.02 Å². The van der Waals surface area contributed by atoms with Crippen LogP contribution in [0.25, 0.3) is 10.9 Å². The van der Waals surface area contributed by atoms with Crippen LogP contribution in [-0.4, -0.2) is 40.2 Å². The zero-order valence-electron chi connectivity index (χ0n) is 9.94. The van der Waals surface area contributed by atoms with E-state index in [2.05, 4.69) is 9.88 Å². The van der Waals surface area contributed by atoms with Crippen LogP contribution in [0.4, 0.5) is 0 Å². The van der Waals surface area contributed by atoms with E-state index in [0.29, 0.717) is 19.6 Å². The number of hydrogen-bond acceptors (Lipinski definition) is 3. The Morgan fingerprint density at radius 2 is 2.17 bits per heavy atom. The van der Waals surface area contributed by atoms with Crippen LogP contribution in [0, 0.1) is 0 Å². The molecule has 0 saturated carbocycles. The van der Waals surface area contributed by atoms with Gasteiger partial charge in [-0.1, -0.05) is 29.8 Å². The lowest BCUT2D eigenvalue weighted by molar-refractivity contribution is 0.164. The fourth-order valence-electron chi connectivity index (χ4n) is 2.52. The summed E-state index contributed by atoms with van der Waals surface area (Å²) in [6.07, 6.45) is -0.437. The van der Waals surface area contributed by atoms with Gasteiger partial charge in [-0.15, -0.1) is 0 Å². The number of nitrogens with zero attached hydrogens (tertiary/aromatic N) is 1. The standard InChI is InChI=1S/C13H16ClN3O/c14-13-8-3-1-2-4-10(8)16-11(13)6-17-5-9(15)12(18)7-17/h1-4,9,12,16,18H,5-7,15H2/t9-,12-/m1/s1. The Morgan fingerprint density at radius 1 is 1.39 bits per heavy atom. The first kappa shape index (κ1) is 12.0. The van der Waals surface area contributed by atoms with Crippen molar-refractivity contribution >= 4 is 22.5 Å². The molecule has 0 spiro atoms. The summed E-state index contributed by atoms with van der Waals surface area (Å²) in [6.45, 7) is 2.00. The molecule has 1 aromatic heterocycles. The zero-order valence-corrected chi connectivity index (χ0v) is 10.7. The summed E-state index contributed by atoms with van der Waals surface area (Å²) in [5, 5.41) is 11.4. The topological polar surface area (TPSA) is 65.3 Å². The highest BCUT2D eigenvalue weighted by Crippen LogP contribution is 2.28. The number of hydrogen-bond donors (Lipinski definition) is 3. The van der Waals surface area contributed by atoms with Gasteiger partial charge in [-0.25, -0.2) is 0 Å².